The number of nitrogens with zero attached hydrogens (tertiary/aromatic N) is 2. The highest BCUT2D eigenvalue weighted by Crippen LogP contribution is 2.45. The second-order valence-corrected chi connectivity index (χ2v) is 9.35. The van der Waals surface area contributed by atoms with Crippen molar-refractivity contribution >= 4 is 39.1 Å². The van der Waals surface area contributed by atoms with Crippen LogP contribution in [0.25, 0.3) is 21.3 Å². The van der Waals surface area contributed by atoms with Crippen LogP contribution in [0.4, 0.5) is 0 Å². The lowest BCUT2D eigenvalue weighted by atomic mass is 9.86. The molecule has 1 aromatic carbocycles. The monoisotopic (exact) mass is 486 g/mol. The van der Waals surface area contributed by atoms with Gasteiger partial charge >= 0.3 is 11.7 Å². The molecule has 2 N–H and O–H groups in total. The molecule has 1 aliphatic carbocycles. The fraction of sp³-hybridized carbons (Fsp3) is 0.261. The van der Waals surface area contributed by atoms with Crippen molar-refractivity contribution in [2.75, 3.05) is 7.11 Å². The molecule has 0 saturated heterocycles. The van der Waals surface area contributed by atoms with Crippen LogP contribution in [-0.2, 0) is 24.2 Å². The number of aliphatic carboxylic acids is 1. The summed E-state index contributed by atoms with van der Waals surface area (Å²) in [4.78, 5) is 30.0. The number of ether oxygens (including phenoxy) is 1. The van der Waals surface area contributed by atoms with Crippen LogP contribution in [-0.4, -0.2) is 32.8 Å². The summed E-state index contributed by atoms with van der Waals surface area (Å²) < 4.78 is 11.1. The van der Waals surface area contributed by atoms with E-state index < -0.39 is 17.6 Å². The Kier molecular flexibility index (Phi) is 5.38. The minimum Gasteiger partial charge on any atom is -0.497 e. The Labute approximate surface area is 196 Å². The summed E-state index contributed by atoms with van der Waals surface area (Å²) in [5.41, 5.74) is 3.09. The van der Waals surface area contributed by atoms with Gasteiger partial charge in [0.2, 0.25) is 5.88 Å². The Morgan fingerprint density at radius 2 is 2.12 bits per heavy atom. The van der Waals surface area contributed by atoms with Crippen LogP contribution in [0, 0.1) is 5.92 Å². The highest BCUT2D eigenvalue weighted by atomic mass is 35.5. The number of rotatable bonds is 5. The average molecular weight is 487 g/mol. The van der Waals surface area contributed by atoms with Gasteiger partial charge in [-0.15, -0.1) is 11.3 Å². The van der Waals surface area contributed by atoms with Gasteiger partial charge in [-0.2, -0.15) is 0 Å². The van der Waals surface area contributed by atoms with Crippen molar-refractivity contribution in [3.05, 3.63) is 62.2 Å². The summed E-state index contributed by atoms with van der Waals surface area (Å²) >= 11 is 8.34. The quantitative estimate of drug-likeness (QED) is 0.431. The van der Waals surface area contributed by atoms with Gasteiger partial charge in [-0.25, -0.2) is 14.3 Å². The lowest BCUT2D eigenvalue weighted by molar-refractivity contribution is -0.142. The van der Waals surface area contributed by atoms with E-state index in [0.29, 0.717) is 40.6 Å². The van der Waals surface area contributed by atoms with Crippen LogP contribution in [0.2, 0.25) is 5.02 Å². The number of fused-ring (bicyclic) bond motifs is 3. The van der Waals surface area contributed by atoms with Crippen molar-refractivity contribution in [2.45, 2.75) is 25.8 Å². The van der Waals surface area contributed by atoms with Crippen molar-refractivity contribution in [1.29, 1.82) is 0 Å². The topological polar surface area (TPSA) is 115 Å². The van der Waals surface area contributed by atoms with Gasteiger partial charge in [0.1, 0.15) is 10.6 Å². The maximum atomic E-state index is 12.0. The van der Waals surface area contributed by atoms with E-state index in [-0.39, 0.29) is 12.4 Å². The lowest BCUT2D eigenvalue weighted by Gasteiger charge is -2.19. The zero-order valence-electron chi connectivity index (χ0n) is 17.5. The normalized spacial score (nSPS) is 15.5. The van der Waals surface area contributed by atoms with Gasteiger partial charge in [0, 0.05) is 15.8 Å². The molecular formula is C23H19ClN2O6S. The number of carboxylic acid groups (broad SMARTS) is 1. The van der Waals surface area contributed by atoms with Gasteiger partial charge in [0.25, 0.3) is 0 Å². The van der Waals surface area contributed by atoms with Crippen molar-refractivity contribution in [1.82, 2.24) is 9.55 Å². The van der Waals surface area contributed by atoms with Crippen molar-refractivity contribution in [2.24, 2.45) is 5.92 Å². The third kappa shape index (κ3) is 3.67. The van der Waals surface area contributed by atoms with Crippen LogP contribution in [0.3, 0.4) is 0 Å². The van der Waals surface area contributed by atoms with E-state index in [9.17, 15) is 19.8 Å². The molecule has 0 amide bonds. The van der Waals surface area contributed by atoms with Crippen LogP contribution >= 0.6 is 22.9 Å². The Morgan fingerprint density at radius 1 is 1.36 bits per heavy atom. The smallest absolute Gasteiger partial charge is 0.422 e. The van der Waals surface area contributed by atoms with E-state index in [4.69, 9.17) is 25.7 Å². The second-order valence-electron chi connectivity index (χ2n) is 7.88. The molecule has 1 atom stereocenters. The minimum absolute atomic E-state index is 0.0700. The summed E-state index contributed by atoms with van der Waals surface area (Å²) in [6.07, 6.45) is 2.58. The van der Waals surface area contributed by atoms with E-state index in [0.717, 1.165) is 37.8 Å². The molecule has 0 saturated carbocycles. The number of aryl methyl sites for hydroxylation is 1. The number of pyridine rings is 1. The van der Waals surface area contributed by atoms with Crippen LogP contribution in [0.5, 0.6) is 11.6 Å². The molecule has 3 heterocycles. The van der Waals surface area contributed by atoms with Gasteiger partial charge in [-0.3, -0.25) is 4.79 Å². The summed E-state index contributed by atoms with van der Waals surface area (Å²) in [6.45, 7) is -0.0700. The molecule has 5 rings (SSSR count). The molecule has 33 heavy (non-hydrogen) atoms. The highest BCUT2D eigenvalue weighted by molar-refractivity contribution is 7.19. The van der Waals surface area contributed by atoms with Crippen LogP contribution in [0.15, 0.2) is 39.7 Å². The molecule has 170 valence electrons. The molecule has 3 aromatic heterocycles. The zero-order valence-corrected chi connectivity index (χ0v) is 19.1. The molecule has 0 bridgehead atoms. The number of hydrogen-bond donors (Lipinski definition) is 2. The number of carboxylic acids is 1. The maximum Gasteiger partial charge on any atom is 0.422 e. The van der Waals surface area contributed by atoms with Crippen molar-refractivity contribution in [3.63, 3.8) is 0 Å². The predicted molar refractivity (Wildman–Crippen MR) is 124 cm³/mol. The van der Waals surface area contributed by atoms with Gasteiger partial charge in [-0.1, -0.05) is 23.7 Å². The zero-order chi connectivity index (χ0) is 23.3. The second kappa shape index (κ2) is 8.24. The first-order valence-corrected chi connectivity index (χ1v) is 11.4. The van der Waals surface area contributed by atoms with Gasteiger partial charge < -0.3 is 19.4 Å². The molecule has 0 unspecified atom stereocenters. The fourth-order valence-electron chi connectivity index (χ4n) is 4.30. The van der Waals surface area contributed by atoms with E-state index >= 15 is 0 Å². The van der Waals surface area contributed by atoms with Crippen molar-refractivity contribution in [3.8, 4) is 22.8 Å². The molecule has 4 aromatic rings. The molecule has 0 spiro atoms. The Balaban J connectivity index is 1.74. The number of oxazole rings is 1. The predicted octanol–water partition coefficient (Wildman–Crippen LogP) is 4.32. The molecule has 0 radical (unpaired) electrons. The molecule has 8 nitrogen and oxygen atoms in total. The Morgan fingerprint density at radius 3 is 2.76 bits per heavy atom. The lowest BCUT2D eigenvalue weighted by Crippen LogP contribution is -2.21. The summed E-state index contributed by atoms with van der Waals surface area (Å²) in [5.74, 6) is -1.56. The summed E-state index contributed by atoms with van der Waals surface area (Å²) in [5, 5.41) is 20.7. The SMILES string of the molecule is COc1ccc(-c2c(Cl)c(Cn3c(O)coc3=O)nc3sc4c(c23)CC[C@H](C(=O)O)C4)cc1. The summed E-state index contributed by atoms with van der Waals surface area (Å²) in [7, 11) is 1.59. The maximum absolute atomic E-state index is 12.0. The molecular weight excluding hydrogens is 468 g/mol. The number of benzene rings is 1. The Bertz CT molecular complexity index is 1440. The number of methoxy groups -OCH3 is 1. The van der Waals surface area contributed by atoms with E-state index in [1.807, 2.05) is 24.3 Å². The Hall–Kier alpha value is -3.30. The first-order valence-electron chi connectivity index (χ1n) is 10.2. The number of aromatic nitrogens is 2. The third-order valence-corrected chi connectivity index (χ3v) is 7.56. The molecule has 1 aliphatic rings. The fourth-order valence-corrected chi connectivity index (χ4v) is 5.93. The molecule has 10 heteroatoms. The largest absolute Gasteiger partial charge is 0.497 e. The van der Waals surface area contributed by atoms with Crippen LogP contribution in [0.1, 0.15) is 22.6 Å². The van der Waals surface area contributed by atoms with Gasteiger partial charge in [0.15, 0.2) is 6.26 Å². The minimum atomic E-state index is -0.796. The molecule has 0 aliphatic heterocycles. The van der Waals surface area contributed by atoms with Crippen molar-refractivity contribution < 1.29 is 24.2 Å². The number of thiophene rings is 1. The first kappa shape index (κ1) is 21.5. The van der Waals surface area contributed by atoms with Gasteiger partial charge in [0.05, 0.1) is 30.3 Å². The highest BCUT2D eigenvalue weighted by Gasteiger charge is 2.30. The first-order chi connectivity index (χ1) is 15.9. The van der Waals surface area contributed by atoms with Crippen LogP contribution < -0.4 is 10.5 Å². The van der Waals surface area contributed by atoms with E-state index in [2.05, 4.69) is 0 Å². The average Bonchev–Trinajstić information content (AvgIpc) is 3.33. The summed E-state index contributed by atoms with van der Waals surface area (Å²) in [6, 6.07) is 7.47. The number of hydrogen-bond acceptors (Lipinski definition) is 7. The van der Waals surface area contributed by atoms with E-state index in [1.165, 1.54) is 11.3 Å². The third-order valence-electron chi connectivity index (χ3n) is 6.00. The number of carbonyl (C=O) groups is 1. The number of halogens is 1. The molecule has 0 fully saturated rings. The van der Waals surface area contributed by atoms with Gasteiger partial charge in [-0.05, 0) is 42.5 Å². The number of aromatic hydroxyl groups is 1. The van der Waals surface area contributed by atoms with E-state index in [1.54, 1.807) is 7.11 Å². The standard InChI is InChI=1S/C23H19ClN2O6S/c1-31-13-5-2-11(3-6-13)18-19-14-7-4-12(22(28)29)8-16(14)33-21(19)25-15(20(18)24)9-26-17(27)10-32-23(26)30/h2-3,5-6,10,12,27H,4,7-9H2,1H3,(H,28,29)/t12-/m0/s1.